The summed E-state index contributed by atoms with van der Waals surface area (Å²) in [6.07, 6.45) is 1.57. The van der Waals surface area contributed by atoms with Gasteiger partial charge in [0, 0.05) is 13.1 Å². The predicted molar refractivity (Wildman–Crippen MR) is 73.7 cm³/mol. The number of aromatic nitrogens is 3. The van der Waals surface area contributed by atoms with Crippen molar-refractivity contribution in [3.05, 3.63) is 42.0 Å². The van der Waals surface area contributed by atoms with Gasteiger partial charge in [-0.15, -0.1) is 0 Å². The molecule has 5 nitrogen and oxygen atoms in total. The summed E-state index contributed by atoms with van der Waals surface area (Å²) < 4.78 is 1.89. The van der Waals surface area contributed by atoms with Crippen molar-refractivity contribution < 1.29 is 0 Å². The lowest BCUT2D eigenvalue weighted by Gasteiger charge is -2.20. The Balaban J connectivity index is 2.24. The van der Waals surface area contributed by atoms with Crippen LogP contribution in [0, 0.1) is 11.3 Å². The minimum Gasteiger partial charge on any atom is -0.366 e. The zero-order valence-corrected chi connectivity index (χ0v) is 11.4. The second-order valence-electron chi connectivity index (χ2n) is 4.70. The van der Waals surface area contributed by atoms with E-state index < -0.39 is 0 Å². The van der Waals surface area contributed by atoms with E-state index in [9.17, 15) is 0 Å². The Morgan fingerprint density at radius 1 is 1.37 bits per heavy atom. The Bertz CT molecular complexity index is 594. The van der Waals surface area contributed by atoms with E-state index in [0.717, 1.165) is 11.5 Å². The van der Waals surface area contributed by atoms with Crippen LogP contribution in [0.1, 0.15) is 31.3 Å². The molecule has 0 amide bonds. The number of nitriles is 1. The molecule has 0 N–H and O–H groups in total. The third-order valence-corrected chi connectivity index (χ3v) is 2.95. The van der Waals surface area contributed by atoms with E-state index >= 15 is 0 Å². The first-order valence-corrected chi connectivity index (χ1v) is 6.22. The molecule has 2 rings (SSSR count). The molecule has 0 atom stereocenters. The second-order valence-corrected chi connectivity index (χ2v) is 4.70. The molecule has 0 unspecified atom stereocenters. The summed E-state index contributed by atoms with van der Waals surface area (Å²) in [5.41, 5.74) is 1.57. The van der Waals surface area contributed by atoms with Gasteiger partial charge < -0.3 is 4.90 Å². The van der Waals surface area contributed by atoms with Crippen molar-refractivity contribution in [2.75, 3.05) is 11.9 Å². The number of benzene rings is 1. The summed E-state index contributed by atoms with van der Waals surface area (Å²) in [7, 11) is 1.95. The van der Waals surface area contributed by atoms with Crippen molar-refractivity contribution in [2.24, 2.45) is 0 Å². The summed E-state index contributed by atoms with van der Waals surface area (Å²) in [5.74, 6) is 0.894. The molecule has 98 valence electrons. The molecule has 1 heterocycles. The summed E-state index contributed by atoms with van der Waals surface area (Å²) in [6.45, 7) is 4.76. The fourth-order valence-electron chi connectivity index (χ4n) is 2.02. The van der Waals surface area contributed by atoms with Gasteiger partial charge in [0.15, 0.2) is 0 Å². The van der Waals surface area contributed by atoms with Crippen LogP contribution < -0.4 is 4.90 Å². The van der Waals surface area contributed by atoms with Crippen LogP contribution >= 0.6 is 0 Å². The molecule has 0 saturated carbocycles. The molecule has 0 aliphatic heterocycles. The Morgan fingerprint density at radius 3 is 2.79 bits per heavy atom. The molecule has 5 heteroatoms. The minimum atomic E-state index is 0.275. The van der Waals surface area contributed by atoms with Gasteiger partial charge in [0.1, 0.15) is 18.2 Å². The highest BCUT2D eigenvalue weighted by molar-refractivity contribution is 5.58. The largest absolute Gasteiger partial charge is 0.366 e. The van der Waals surface area contributed by atoms with Crippen molar-refractivity contribution in [3.63, 3.8) is 0 Å². The number of nitrogens with zero attached hydrogens (tertiary/aromatic N) is 5. The van der Waals surface area contributed by atoms with Gasteiger partial charge in [-0.25, -0.2) is 9.67 Å². The first-order chi connectivity index (χ1) is 9.13. The fourth-order valence-corrected chi connectivity index (χ4v) is 2.02. The Hall–Kier alpha value is -2.35. The van der Waals surface area contributed by atoms with Crippen LogP contribution in [0.2, 0.25) is 0 Å². The highest BCUT2D eigenvalue weighted by atomic mass is 15.4. The molecule has 0 aliphatic carbocycles. The quantitative estimate of drug-likeness (QED) is 0.841. The number of hydrogen-bond acceptors (Lipinski definition) is 4. The topological polar surface area (TPSA) is 57.7 Å². The zero-order chi connectivity index (χ0) is 13.8. The lowest BCUT2D eigenvalue weighted by Crippen LogP contribution is -2.21. The average molecular weight is 255 g/mol. The molecule has 1 aromatic carbocycles. The molecule has 1 aromatic heterocycles. The van der Waals surface area contributed by atoms with Crippen LogP contribution in [0.4, 0.5) is 5.69 Å². The van der Waals surface area contributed by atoms with Crippen LogP contribution in [0.15, 0.2) is 30.6 Å². The number of para-hydroxylation sites is 1. The van der Waals surface area contributed by atoms with Crippen molar-refractivity contribution in [2.45, 2.75) is 26.4 Å². The Morgan fingerprint density at radius 2 is 2.11 bits per heavy atom. The highest BCUT2D eigenvalue weighted by Crippen LogP contribution is 2.20. The zero-order valence-electron chi connectivity index (χ0n) is 11.4. The number of rotatable bonds is 4. The van der Waals surface area contributed by atoms with Gasteiger partial charge in [0.2, 0.25) is 0 Å². The van der Waals surface area contributed by atoms with Gasteiger partial charge in [-0.1, -0.05) is 12.1 Å². The van der Waals surface area contributed by atoms with E-state index in [0.29, 0.717) is 12.1 Å². The van der Waals surface area contributed by atoms with Crippen molar-refractivity contribution >= 4 is 5.69 Å². The van der Waals surface area contributed by atoms with Gasteiger partial charge >= 0.3 is 0 Å². The van der Waals surface area contributed by atoms with Crippen molar-refractivity contribution in [3.8, 4) is 6.07 Å². The van der Waals surface area contributed by atoms with Crippen molar-refractivity contribution in [1.82, 2.24) is 14.8 Å². The van der Waals surface area contributed by atoms with E-state index in [-0.39, 0.29) is 6.04 Å². The smallest absolute Gasteiger partial charge is 0.146 e. The van der Waals surface area contributed by atoms with Gasteiger partial charge in [0.25, 0.3) is 0 Å². The molecule has 2 aromatic rings. The average Bonchev–Trinajstić information content (AvgIpc) is 2.87. The number of hydrogen-bond donors (Lipinski definition) is 0. The summed E-state index contributed by atoms with van der Waals surface area (Å²) >= 11 is 0. The monoisotopic (exact) mass is 255 g/mol. The van der Waals surface area contributed by atoms with Gasteiger partial charge in [0.05, 0.1) is 17.8 Å². The molecular weight excluding hydrogens is 238 g/mol. The fraction of sp³-hybridized carbons (Fsp3) is 0.357. The van der Waals surface area contributed by atoms with E-state index in [1.807, 2.05) is 40.9 Å². The Kier molecular flexibility index (Phi) is 3.81. The molecule has 0 aliphatic rings. The summed E-state index contributed by atoms with van der Waals surface area (Å²) in [6, 6.07) is 10.0. The maximum atomic E-state index is 9.13. The predicted octanol–water partition coefficient (Wildman–Crippen LogP) is 2.37. The first kappa shape index (κ1) is 13.1. The van der Waals surface area contributed by atoms with Gasteiger partial charge in [-0.05, 0) is 26.0 Å². The van der Waals surface area contributed by atoms with Crippen LogP contribution in [0.25, 0.3) is 0 Å². The molecule has 0 fully saturated rings. The van der Waals surface area contributed by atoms with Crippen LogP contribution in [-0.2, 0) is 6.54 Å². The molecule has 0 saturated heterocycles. The molecule has 0 bridgehead atoms. The van der Waals surface area contributed by atoms with Crippen LogP contribution in [0.3, 0.4) is 0 Å². The van der Waals surface area contributed by atoms with Gasteiger partial charge in [-0.3, -0.25) is 0 Å². The molecule has 19 heavy (non-hydrogen) atoms. The first-order valence-electron chi connectivity index (χ1n) is 6.22. The molecule has 0 radical (unpaired) electrons. The van der Waals surface area contributed by atoms with E-state index in [1.54, 1.807) is 6.33 Å². The van der Waals surface area contributed by atoms with Crippen molar-refractivity contribution in [1.29, 1.82) is 5.26 Å². The third-order valence-electron chi connectivity index (χ3n) is 2.95. The third kappa shape index (κ3) is 2.74. The van der Waals surface area contributed by atoms with Gasteiger partial charge in [-0.2, -0.15) is 10.4 Å². The van der Waals surface area contributed by atoms with Crippen LogP contribution in [0.5, 0.6) is 0 Å². The standard InChI is InChI=1S/C14H17N5/c1-11(2)19-14(16-10-17-19)9-18(3)13-7-5-4-6-12(13)8-15/h4-7,10-11H,9H2,1-3H3. The maximum absolute atomic E-state index is 9.13. The lowest BCUT2D eigenvalue weighted by atomic mass is 10.2. The van der Waals surface area contributed by atoms with Crippen LogP contribution in [-0.4, -0.2) is 21.8 Å². The Labute approximate surface area is 113 Å². The highest BCUT2D eigenvalue weighted by Gasteiger charge is 2.12. The summed E-state index contributed by atoms with van der Waals surface area (Å²) in [5, 5.41) is 13.3. The normalized spacial score (nSPS) is 10.5. The van der Waals surface area contributed by atoms with E-state index in [2.05, 4.69) is 30.0 Å². The lowest BCUT2D eigenvalue weighted by molar-refractivity contribution is 0.503. The second kappa shape index (κ2) is 5.53. The van der Waals surface area contributed by atoms with E-state index in [4.69, 9.17) is 5.26 Å². The molecular formula is C14H17N5. The minimum absolute atomic E-state index is 0.275. The molecule has 0 spiro atoms. The van der Waals surface area contributed by atoms with E-state index in [1.165, 1.54) is 0 Å². The maximum Gasteiger partial charge on any atom is 0.146 e. The SMILES string of the molecule is CC(C)n1ncnc1CN(C)c1ccccc1C#N. The number of anilines is 1. The summed E-state index contributed by atoms with van der Waals surface area (Å²) in [4.78, 5) is 6.30.